The molecule has 1 aromatic rings. The van der Waals surface area contributed by atoms with Crippen LogP contribution in [0.15, 0.2) is 22.7 Å². The maximum atomic E-state index is 6.13. The highest BCUT2D eigenvalue weighted by Gasteiger charge is 2.24. The predicted molar refractivity (Wildman–Crippen MR) is 63.1 cm³/mol. The topological polar surface area (TPSA) is 26.0 Å². The maximum absolute atomic E-state index is 6.13. The van der Waals surface area contributed by atoms with Crippen LogP contribution in [0.25, 0.3) is 0 Å². The Bertz CT molecular complexity index is 331. The number of hydrogen-bond acceptors (Lipinski definition) is 1. The van der Waals surface area contributed by atoms with Gasteiger partial charge in [-0.1, -0.05) is 40.9 Å². The van der Waals surface area contributed by atoms with E-state index in [4.69, 9.17) is 5.73 Å². The van der Waals surface area contributed by atoms with E-state index in [1.54, 1.807) is 0 Å². The fourth-order valence-electron chi connectivity index (χ4n) is 1.69. The third-order valence-corrected chi connectivity index (χ3v) is 3.76. The smallest absolute Gasteiger partial charge is 0.0297 e. The summed E-state index contributed by atoms with van der Waals surface area (Å²) < 4.78 is 1.17. The zero-order valence-electron chi connectivity index (χ0n) is 8.46. The van der Waals surface area contributed by atoms with E-state index in [2.05, 4.69) is 41.1 Å². The van der Waals surface area contributed by atoms with Crippen LogP contribution in [0.1, 0.15) is 36.4 Å². The van der Waals surface area contributed by atoms with Gasteiger partial charge in [0.05, 0.1) is 0 Å². The summed E-state index contributed by atoms with van der Waals surface area (Å²) >= 11 is 3.54. The first-order chi connectivity index (χ1) is 6.66. The molecule has 0 unspecified atom stereocenters. The average molecular weight is 254 g/mol. The highest BCUT2D eigenvalue weighted by Crippen LogP contribution is 2.37. The van der Waals surface area contributed by atoms with E-state index in [-0.39, 0.29) is 6.04 Å². The van der Waals surface area contributed by atoms with Gasteiger partial charge in [-0.15, -0.1) is 0 Å². The quantitative estimate of drug-likeness (QED) is 0.876. The van der Waals surface area contributed by atoms with Gasteiger partial charge < -0.3 is 5.73 Å². The Balaban J connectivity index is 2.10. The van der Waals surface area contributed by atoms with Crippen molar-refractivity contribution in [2.45, 2.75) is 32.2 Å². The fraction of sp³-hybridized carbons (Fsp3) is 0.500. The Kier molecular flexibility index (Phi) is 2.93. The molecular weight excluding hydrogens is 238 g/mol. The molecule has 0 radical (unpaired) electrons. The second kappa shape index (κ2) is 4.03. The molecule has 1 atom stereocenters. The zero-order valence-corrected chi connectivity index (χ0v) is 10.0. The molecule has 0 aliphatic heterocycles. The summed E-state index contributed by atoms with van der Waals surface area (Å²) in [7, 11) is 0. The van der Waals surface area contributed by atoms with Crippen LogP contribution >= 0.6 is 15.9 Å². The Morgan fingerprint density at radius 1 is 1.50 bits per heavy atom. The van der Waals surface area contributed by atoms with Crippen molar-refractivity contribution < 1.29 is 0 Å². The molecule has 0 heterocycles. The average Bonchev–Trinajstić information content (AvgIpc) is 2.93. The predicted octanol–water partition coefficient (Wildman–Crippen LogP) is 3.56. The van der Waals surface area contributed by atoms with Crippen LogP contribution in [0.5, 0.6) is 0 Å². The standard InChI is InChI=1S/C12H16BrN/c1-8-2-5-10(7-11(8)13)12(14)6-9-3-4-9/h2,5,7,9,12H,3-4,6,14H2,1H3/t12-/m1/s1. The van der Waals surface area contributed by atoms with Crippen LogP contribution in [0.4, 0.5) is 0 Å². The van der Waals surface area contributed by atoms with Crippen molar-refractivity contribution in [3.8, 4) is 0 Å². The largest absolute Gasteiger partial charge is 0.324 e. The van der Waals surface area contributed by atoms with Crippen LogP contribution in [-0.4, -0.2) is 0 Å². The van der Waals surface area contributed by atoms with E-state index in [0.717, 1.165) is 12.3 Å². The summed E-state index contributed by atoms with van der Waals surface area (Å²) in [5, 5.41) is 0. The lowest BCUT2D eigenvalue weighted by molar-refractivity contribution is 0.596. The number of hydrogen-bond donors (Lipinski definition) is 1. The summed E-state index contributed by atoms with van der Waals surface area (Å²) in [5.74, 6) is 0.894. The van der Waals surface area contributed by atoms with Crippen molar-refractivity contribution in [2.75, 3.05) is 0 Å². The molecule has 2 N–H and O–H groups in total. The molecule has 0 bridgehead atoms. The van der Waals surface area contributed by atoms with Crippen molar-refractivity contribution in [3.05, 3.63) is 33.8 Å². The normalized spacial score (nSPS) is 18.2. The molecule has 2 rings (SSSR count). The van der Waals surface area contributed by atoms with E-state index >= 15 is 0 Å². The second-order valence-corrected chi connectivity index (χ2v) is 5.15. The van der Waals surface area contributed by atoms with E-state index in [1.807, 2.05) is 0 Å². The molecule has 1 aliphatic carbocycles. The molecule has 14 heavy (non-hydrogen) atoms. The van der Waals surface area contributed by atoms with Gasteiger partial charge in [-0.25, -0.2) is 0 Å². The van der Waals surface area contributed by atoms with Gasteiger partial charge in [0, 0.05) is 10.5 Å². The highest BCUT2D eigenvalue weighted by molar-refractivity contribution is 9.10. The van der Waals surface area contributed by atoms with Crippen molar-refractivity contribution in [3.63, 3.8) is 0 Å². The van der Waals surface area contributed by atoms with E-state index in [9.17, 15) is 0 Å². The van der Waals surface area contributed by atoms with Crippen LogP contribution in [0.2, 0.25) is 0 Å². The van der Waals surface area contributed by atoms with Gasteiger partial charge in [0.15, 0.2) is 0 Å². The van der Waals surface area contributed by atoms with Crippen LogP contribution in [0.3, 0.4) is 0 Å². The van der Waals surface area contributed by atoms with Crippen molar-refractivity contribution in [1.29, 1.82) is 0 Å². The monoisotopic (exact) mass is 253 g/mol. The first kappa shape index (κ1) is 10.2. The van der Waals surface area contributed by atoms with Crippen molar-refractivity contribution in [1.82, 2.24) is 0 Å². The molecule has 0 spiro atoms. The third-order valence-electron chi connectivity index (χ3n) is 2.91. The molecule has 1 nitrogen and oxygen atoms in total. The maximum Gasteiger partial charge on any atom is 0.0297 e. The van der Waals surface area contributed by atoms with Gasteiger partial charge in [-0.3, -0.25) is 0 Å². The number of halogens is 1. The third kappa shape index (κ3) is 2.37. The number of nitrogens with two attached hydrogens (primary N) is 1. The Morgan fingerprint density at radius 2 is 2.21 bits per heavy atom. The number of rotatable bonds is 3. The van der Waals surface area contributed by atoms with Crippen LogP contribution in [-0.2, 0) is 0 Å². The van der Waals surface area contributed by atoms with Crippen molar-refractivity contribution in [2.24, 2.45) is 11.7 Å². The van der Waals surface area contributed by atoms with Crippen LogP contribution in [0, 0.1) is 12.8 Å². The lowest BCUT2D eigenvalue weighted by Crippen LogP contribution is -2.10. The lowest BCUT2D eigenvalue weighted by atomic mass is 10.0. The molecular formula is C12H16BrN. The molecule has 1 aliphatic rings. The minimum absolute atomic E-state index is 0.222. The zero-order chi connectivity index (χ0) is 10.1. The molecule has 76 valence electrons. The summed E-state index contributed by atoms with van der Waals surface area (Å²) in [5.41, 5.74) is 8.66. The molecule has 0 saturated heterocycles. The molecule has 0 aromatic heterocycles. The molecule has 1 fully saturated rings. The second-order valence-electron chi connectivity index (χ2n) is 4.29. The minimum Gasteiger partial charge on any atom is -0.324 e. The Hall–Kier alpha value is -0.340. The summed E-state index contributed by atoms with van der Waals surface area (Å²) in [6.45, 7) is 2.10. The van der Waals surface area contributed by atoms with Gasteiger partial charge in [0.2, 0.25) is 0 Å². The minimum atomic E-state index is 0.222. The Morgan fingerprint density at radius 3 is 2.79 bits per heavy atom. The molecule has 1 aromatic carbocycles. The fourth-order valence-corrected chi connectivity index (χ4v) is 2.08. The lowest BCUT2D eigenvalue weighted by Gasteiger charge is -2.12. The summed E-state index contributed by atoms with van der Waals surface area (Å²) in [6.07, 6.45) is 3.90. The highest BCUT2D eigenvalue weighted by atomic mass is 79.9. The first-order valence-electron chi connectivity index (χ1n) is 5.18. The van der Waals surface area contributed by atoms with Gasteiger partial charge in [0.1, 0.15) is 0 Å². The van der Waals surface area contributed by atoms with Gasteiger partial charge >= 0.3 is 0 Å². The SMILES string of the molecule is Cc1ccc([C@H](N)CC2CC2)cc1Br. The van der Waals surface area contributed by atoms with Gasteiger partial charge in [-0.2, -0.15) is 0 Å². The van der Waals surface area contributed by atoms with E-state index in [0.29, 0.717) is 0 Å². The van der Waals surface area contributed by atoms with Crippen LogP contribution < -0.4 is 5.73 Å². The summed E-state index contributed by atoms with van der Waals surface area (Å²) in [6, 6.07) is 6.65. The summed E-state index contributed by atoms with van der Waals surface area (Å²) in [4.78, 5) is 0. The molecule has 1 saturated carbocycles. The van der Waals surface area contributed by atoms with Gasteiger partial charge in [0.25, 0.3) is 0 Å². The Labute approximate surface area is 93.8 Å². The van der Waals surface area contributed by atoms with E-state index < -0.39 is 0 Å². The van der Waals surface area contributed by atoms with E-state index in [1.165, 1.54) is 28.4 Å². The molecule has 2 heteroatoms. The van der Waals surface area contributed by atoms with Gasteiger partial charge in [-0.05, 0) is 36.5 Å². The molecule has 0 amide bonds. The number of aryl methyl sites for hydroxylation is 1. The van der Waals surface area contributed by atoms with Crippen molar-refractivity contribution >= 4 is 15.9 Å². The number of benzene rings is 1. The first-order valence-corrected chi connectivity index (χ1v) is 5.98.